The molecule has 2 aromatic rings. The molecule has 0 saturated carbocycles. The van der Waals surface area contributed by atoms with Gasteiger partial charge in [0.1, 0.15) is 17.3 Å². The predicted octanol–water partition coefficient (Wildman–Crippen LogP) is 2.64. The molecule has 110 valence electrons. The molecule has 0 atom stereocenters. The summed E-state index contributed by atoms with van der Waals surface area (Å²) in [4.78, 5) is 11.6. The molecular weight excluding hydrogens is 277 g/mol. The summed E-state index contributed by atoms with van der Waals surface area (Å²) in [5.74, 6) is -1.25. The lowest BCUT2D eigenvalue weighted by atomic mass is 10.1. The summed E-state index contributed by atoms with van der Waals surface area (Å²) in [5.41, 5.74) is 0.944. The molecule has 0 aliphatic heterocycles. The Morgan fingerprint density at radius 1 is 1.24 bits per heavy atom. The van der Waals surface area contributed by atoms with Gasteiger partial charge in [-0.25, -0.2) is 9.18 Å². The molecule has 0 heterocycles. The molecular formula is C15H14FNO4. The van der Waals surface area contributed by atoms with Crippen LogP contribution in [0.4, 0.5) is 10.1 Å². The second kappa shape index (κ2) is 6.13. The smallest absolute Gasteiger partial charge is 0.339 e. The summed E-state index contributed by atoms with van der Waals surface area (Å²) in [6.45, 7) is 0.152. The second-order valence-corrected chi connectivity index (χ2v) is 4.35. The van der Waals surface area contributed by atoms with Crippen LogP contribution in [0.1, 0.15) is 15.9 Å². The minimum absolute atomic E-state index is 0.0581. The van der Waals surface area contributed by atoms with Crippen molar-refractivity contribution in [3.05, 3.63) is 53.3 Å². The highest BCUT2D eigenvalue weighted by Gasteiger charge is 2.13. The van der Waals surface area contributed by atoms with Gasteiger partial charge in [-0.3, -0.25) is 0 Å². The SMILES string of the molecule is COC(=O)c1ccc(F)cc1NCc1ccc(O)cc1O. The first-order chi connectivity index (χ1) is 10.0. The van der Waals surface area contributed by atoms with Gasteiger partial charge >= 0.3 is 5.97 Å². The standard InChI is InChI=1S/C15H14FNO4/c1-21-15(20)12-5-3-10(16)6-13(12)17-8-9-2-4-11(18)7-14(9)19/h2-7,17-19H,8H2,1H3. The fourth-order valence-corrected chi connectivity index (χ4v) is 1.84. The van der Waals surface area contributed by atoms with Crippen LogP contribution in [-0.4, -0.2) is 23.3 Å². The molecule has 0 unspecified atom stereocenters. The van der Waals surface area contributed by atoms with E-state index >= 15 is 0 Å². The van der Waals surface area contributed by atoms with E-state index in [-0.39, 0.29) is 29.3 Å². The number of aromatic hydroxyl groups is 2. The number of carbonyl (C=O) groups is 1. The van der Waals surface area contributed by atoms with Crippen LogP contribution in [0, 0.1) is 5.82 Å². The Balaban J connectivity index is 2.23. The maximum Gasteiger partial charge on any atom is 0.339 e. The highest BCUT2D eigenvalue weighted by Crippen LogP contribution is 2.25. The minimum Gasteiger partial charge on any atom is -0.508 e. The monoisotopic (exact) mass is 291 g/mol. The maximum atomic E-state index is 13.3. The average molecular weight is 291 g/mol. The molecule has 0 amide bonds. The van der Waals surface area contributed by atoms with E-state index in [0.29, 0.717) is 5.56 Å². The van der Waals surface area contributed by atoms with E-state index in [1.165, 1.54) is 37.4 Å². The zero-order valence-corrected chi connectivity index (χ0v) is 11.3. The van der Waals surface area contributed by atoms with Crippen molar-refractivity contribution in [2.75, 3.05) is 12.4 Å². The van der Waals surface area contributed by atoms with Crippen LogP contribution >= 0.6 is 0 Å². The third-order valence-electron chi connectivity index (χ3n) is 2.93. The van der Waals surface area contributed by atoms with E-state index in [1.807, 2.05) is 0 Å². The number of methoxy groups -OCH3 is 1. The van der Waals surface area contributed by atoms with Gasteiger partial charge in [-0.15, -0.1) is 0 Å². The molecule has 0 aliphatic carbocycles. The predicted molar refractivity (Wildman–Crippen MR) is 74.8 cm³/mol. The number of anilines is 1. The number of benzene rings is 2. The van der Waals surface area contributed by atoms with Gasteiger partial charge in [0.25, 0.3) is 0 Å². The van der Waals surface area contributed by atoms with Gasteiger partial charge < -0.3 is 20.3 Å². The minimum atomic E-state index is -0.590. The Bertz CT molecular complexity index is 673. The van der Waals surface area contributed by atoms with E-state index in [1.54, 1.807) is 0 Å². The molecule has 0 radical (unpaired) electrons. The third-order valence-corrected chi connectivity index (χ3v) is 2.93. The van der Waals surface area contributed by atoms with Crippen LogP contribution in [0.3, 0.4) is 0 Å². The van der Waals surface area contributed by atoms with Crippen LogP contribution in [0.15, 0.2) is 36.4 Å². The van der Waals surface area contributed by atoms with Gasteiger partial charge in [-0.05, 0) is 30.3 Å². The topological polar surface area (TPSA) is 78.8 Å². The molecule has 0 saturated heterocycles. The summed E-state index contributed by atoms with van der Waals surface area (Å²) < 4.78 is 17.9. The normalized spacial score (nSPS) is 10.2. The largest absolute Gasteiger partial charge is 0.508 e. The van der Waals surface area contributed by atoms with Gasteiger partial charge in [0.05, 0.1) is 18.4 Å². The van der Waals surface area contributed by atoms with Gasteiger partial charge in [0.2, 0.25) is 0 Å². The quantitative estimate of drug-likeness (QED) is 0.755. The lowest BCUT2D eigenvalue weighted by Gasteiger charge is -2.12. The van der Waals surface area contributed by atoms with Crippen molar-refractivity contribution in [1.29, 1.82) is 0 Å². The first kappa shape index (κ1) is 14.6. The number of esters is 1. The fourth-order valence-electron chi connectivity index (χ4n) is 1.84. The molecule has 0 spiro atoms. The highest BCUT2D eigenvalue weighted by atomic mass is 19.1. The van der Waals surface area contributed by atoms with Crippen molar-refractivity contribution in [3.63, 3.8) is 0 Å². The van der Waals surface area contributed by atoms with Crippen LogP contribution in [-0.2, 0) is 11.3 Å². The lowest BCUT2D eigenvalue weighted by Crippen LogP contribution is -2.08. The third kappa shape index (κ3) is 3.42. The Hall–Kier alpha value is -2.76. The molecule has 3 N–H and O–H groups in total. The van der Waals surface area contributed by atoms with Gasteiger partial charge in [-0.2, -0.15) is 0 Å². The van der Waals surface area contributed by atoms with Crippen molar-refractivity contribution < 1.29 is 24.1 Å². The average Bonchev–Trinajstić information content (AvgIpc) is 2.45. The number of nitrogens with one attached hydrogen (secondary N) is 1. The van der Waals surface area contributed by atoms with Crippen LogP contribution in [0.2, 0.25) is 0 Å². The molecule has 21 heavy (non-hydrogen) atoms. The Labute approximate surface area is 120 Å². The fraction of sp³-hybridized carbons (Fsp3) is 0.133. The highest BCUT2D eigenvalue weighted by molar-refractivity contribution is 5.95. The Kier molecular flexibility index (Phi) is 4.27. The molecule has 6 heteroatoms. The van der Waals surface area contributed by atoms with Crippen LogP contribution in [0.5, 0.6) is 11.5 Å². The summed E-state index contributed by atoms with van der Waals surface area (Å²) in [6, 6.07) is 7.79. The molecule has 0 fully saturated rings. The van der Waals surface area contributed by atoms with E-state index in [2.05, 4.69) is 10.1 Å². The van der Waals surface area contributed by atoms with Gasteiger partial charge in [-0.1, -0.05) is 0 Å². The number of hydrogen-bond acceptors (Lipinski definition) is 5. The van der Waals surface area contributed by atoms with Crippen molar-refractivity contribution in [1.82, 2.24) is 0 Å². The van der Waals surface area contributed by atoms with Crippen LogP contribution in [0.25, 0.3) is 0 Å². The van der Waals surface area contributed by atoms with Gasteiger partial charge in [0.15, 0.2) is 0 Å². The summed E-state index contributed by atoms with van der Waals surface area (Å²) in [6.07, 6.45) is 0. The number of halogens is 1. The van der Waals surface area contributed by atoms with Crippen molar-refractivity contribution >= 4 is 11.7 Å². The summed E-state index contributed by atoms with van der Waals surface area (Å²) in [7, 11) is 1.24. The first-order valence-corrected chi connectivity index (χ1v) is 6.14. The number of rotatable bonds is 4. The zero-order chi connectivity index (χ0) is 15.4. The van der Waals surface area contributed by atoms with Gasteiger partial charge in [0, 0.05) is 18.2 Å². The molecule has 0 bridgehead atoms. The number of carbonyl (C=O) groups excluding carboxylic acids is 1. The maximum absolute atomic E-state index is 13.3. The van der Waals surface area contributed by atoms with E-state index < -0.39 is 11.8 Å². The lowest BCUT2D eigenvalue weighted by molar-refractivity contribution is 0.0601. The zero-order valence-electron chi connectivity index (χ0n) is 11.3. The molecule has 0 aromatic heterocycles. The number of phenols is 2. The summed E-state index contributed by atoms with van der Waals surface area (Å²) >= 11 is 0. The van der Waals surface area contributed by atoms with E-state index in [4.69, 9.17) is 0 Å². The van der Waals surface area contributed by atoms with E-state index in [0.717, 1.165) is 6.07 Å². The number of phenolic OH excluding ortho intramolecular Hbond substituents is 2. The number of hydrogen-bond donors (Lipinski definition) is 3. The van der Waals surface area contributed by atoms with Crippen molar-refractivity contribution in [2.24, 2.45) is 0 Å². The Morgan fingerprint density at radius 3 is 2.67 bits per heavy atom. The number of ether oxygens (including phenoxy) is 1. The van der Waals surface area contributed by atoms with Crippen molar-refractivity contribution in [3.8, 4) is 11.5 Å². The molecule has 0 aliphatic rings. The van der Waals surface area contributed by atoms with Crippen molar-refractivity contribution in [2.45, 2.75) is 6.54 Å². The second-order valence-electron chi connectivity index (χ2n) is 4.35. The summed E-state index contributed by atoms with van der Waals surface area (Å²) in [5, 5.41) is 21.8. The van der Waals surface area contributed by atoms with E-state index in [9.17, 15) is 19.4 Å². The molecule has 5 nitrogen and oxygen atoms in total. The molecule has 2 rings (SSSR count). The first-order valence-electron chi connectivity index (χ1n) is 6.14. The Morgan fingerprint density at radius 2 is 2.00 bits per heavy atom. The molecule has 2 aromatic carbocycles. The van der Waals surface area contributed by atoms with Crippen LogP contribution < -0.4 is 5.32 Å².